The molecule has 0 aliphatic rings. The molecule has 3 aromatic rings. The highest BCUT2D eigenvalue weighted by Gasteiger charge is 2.24. The summed E-state index contributed by atoms with van der Waals surface area (Å²) in [7, 11) is -4.18. The Morgan fingerprint density at radius 2 is 1.81 bits per heavy atom. The second-order valence-corrected chi connectivity index (χ2v) is 7.46. The molecule has 0 aliphatic carbocycles. The number of aromatic nitrogens is 2. The van der Waals surface area contributed by atoms with Gasteiger partial charge in [-0.15, -0.1) is 0 Å². The summed E-state index contributed by atoms with van der Waals surface area (Å²) in [5.74, 6) is -1.33. The number of sulfonamides is 1. The van der Waals surface area contributed by atoms with Gasteiger partial charge in [0.25, 0.3) is 15.9 Å². The van der Waals surface area contributed by atoms with Crippen LogP contribution in [0.15, 0.2) is 53.4 Å². The van der Waals surface area contributed by atoms with Crippen LogP contribution in [0.2, 0.25) is 5.02 Å². The van der Waals surface area contributed by atoms with Gasteiger partial charge in [0.2, 0.25) is 0 Å². The minimum atomic E-state index is -4.18. The number of hydrogen-bond donors (Lipinski definition) is 2. The average molecular weight is 394 g/mol. The minimum Gasteiger partial charge on any atom is -0.341 e. The van der Waals surface area contributed by atoms with Gasteiger partial charge < -0.3 is 4.98 Å². The molecule has 0 bridgehead atoms. The van der Waals surface area contributed by atoms with E-state index in [2.05, 4.69) is 9.97 Å². The molecule has 1 heterocycles. The normalized spacial score (nSPS) is 11.3. The van der Waals surface area contributed by atoms with Gasteiger partial charge in [-0.25, -0.2) is 22.5 Å². The van der Waals surface area contributed by atoms with Crippen LogP contribution in [-0.2, 0) is 10.0 Å². The largest absolute Gasteiger partial charge is 0.341 e. The van der Waals surface area contributed by atoms with E-state index >= 15 is 0 Å². The van der Waals surface area contributed by atoms with Gasteiger partial charge in [0.15, 0.2) is 5.69 Å². The zero-order chi connectivity index (χ0) is 18.9. The molecule has 0 spiro atoms. The number of hydrogen-bond acceptors (Lipinski definition) is 4. The lowest BCUT2D eigenvalue weighted by Gasteiger charge is -2.07. The van der Waals surface area contributed by atoms with Gasteiger partial charge in [0.1, 0.15) is 16.5 Å². The maximum Gasteiger partial charge on any atom is 0.285 e. The van der Waals surface area contributed by atoms with E-state index in [-0.39, 0.29) is 27.0 Å². The molecule has 2 aromatic carbocycles. The molecule has 6 nitrogen and oxygen atoms in total. The zero-order valence-corrected chi connectivity index (χ0v) is 15.0. The molecule has 0 aliphatic heterocycles. The van der Waals surface area contributed by atoms with Crippen molar-refractivity contribution in [3.8, 4) is 11.4 Å². The molecule has 134 valence electrons. The van der Waals surface area contributed by atoms with Crippen molar-refractivity contribution in [2.45, 2.75) is 11.8 Å². The van der Waals surface area contributed by atoms with E-state index in [1.54, 1.807) is 12.1 Å². The number of aromatic amines is 1. The number of benzene rings is 2. The highest BCUT2D eigenvalue weighted by atomic mass is 35.5. The summed E-state index contributed by atoms with van der Waals surface area (Å²) in [6.07, 6.45) is 0. The number of carbonyl (C=O) groups is 1. The number of H-pyrrole nitrogens is 1. The monoisotopic (exact) mass is 393 g/mol. The van der Waals surface area contributed by atoms with Crippen molar-refractivity contribution in [2.24, 2.45) is 0 Å². The molecule has 26 heavy (non-hydrogen) atoms. The van der Waals surface area contributed by atoms with E-state index in [1.165, 1.54) is 43.3 Å². The molecule has 0 unspecified atom stereocenters. The van der Waals surface area contributed by atoms with Crippen LogP contribution in [0.1, 0.15) is 16.2 Å². The van der Waals surface area contributed by atoms with Crippen LogP contribution in [0.3, 0.4) is 0 Å². The molecular formula is C17H13ClFN3O3S. The van der Waals surface area contributed by atoms with Gasteiger partial charge in [-0.05, 0) is 31.2 Å². The molecule has 0 atom stereocenters. The molecular weight excluding hydrogens is 381 g/mol. The van der Waals surface area contributed by atoms with Gasteiger partial charge in [-0.2, -0.15) is 0 Å². The molecule has 1 aromatic heterocycles. The summed E-state index contributed by atoms with van der Waals surface area (Å²) < 4.78 is 40.5. The first kappa shape index (κ1) is 18.1. The van der Waals surface area contributed by atoms with Crippen molar-refractivity contribution in [1.29, 1.82) is 0 Å². The Bertz CT molecular complexity index is 1100. The Balaban J connectivity index is 1.92. The number of imidazole rings is 1. The third-order valence-corrected chi connectivity index (χ3v) is 5.41. The van der Waals surface area contributed by atoms with E-state index in [0.29, 0.717) is 5.69 Å². The molecule has 0 radical (unpaired) electrons. The fraction of sp³-hybridized carbons (Fsp3) is 0.0588. The Morgan fingerprint density at radius 1 is 1.15 bits per heavy atom. The summed E-state index contributed by atoms with van der Waals surface area (Å²) in [5, 5.41) is -0.0152. The van der Waals surface area contributed by atoms with Crippen molar-refractivity contribution in [2.75, 3.05) is 0 Å². The summed E-state index contributed by atoms with van der Waals surface area (Å²) >= 11 is 5.88. The van der Waals surface area contributed by atoms with Crippen molar-refractivity contribution in [3.63, 3.8) is 0 Å². The number of nitrogens with zero attached hydrogens (tertiary/aromatic N) is 1. The fourth-order valence-corrected chi connectivity index (χ4v) is 3.82. The summed E-state index contributed by atoms with van der Waals surface area (Å²) in [6.45, 7) is 1.54. The number of halogens is 2. The molecule has 0 saturated heterocycles. The number of aryl methyl sites for hydroxylation is 1. The average Bonchev–Trinajstić information content (AvgIpc) is 2.97. The molecule has 9 heteroatoms. The number of nitrogens with one attached hydrogen (secondary N) is 2. The van der Waals surface area contributed by atoms with Crippen LogP contribution >= 0.6 is 11.6 Å². The van der Waals surface area contributed by atoms with Crippen LogP contribution in [0.4, 0.5) is 4.39 Å². The van der Waals surface area contributed by atoms with E-state index in [9.17, 15) is 17.6 Å². The summed E-state index contributed by atoms with van der Waals surface area (Å²) in [6, 6.07) is 11.6. The molecule has 2 N–H and O–H groups in total. The van der Waals surface area contributed by atoms with Crippen LogP contribution in [0, 0.1) is 12.7 Å². The maximum atomic E-state index is 13.9. The van der Waals surface area contributed by atoms with Crippen molar-refractivity contribution < 1.29 is 17.6 Å². The molecule has 1 amide bonds. The van der Waals surface area contributed by atoms with E-state index in [0.717, 1.165) is 0 Å². The second kappa shape index (κ2) is 6.89. The van der Waals surface area contributed by atoms with Crippen molar-refractivity contribution in [3.05, 3.63) is 70.8 Å². The van der Waals surface area contributed by atoms with Gasteiger partial charge >= 0.3 is 0 Å². The topological polar surface area (TPSA) is 91.9 Å². The van der Waals surface area contributed by atoms with Gasteiger partial charge in [0.05, 0.1) is 10.6 Å². The van der Waals surface area contributed by atoms with Gasteiger partial charge in [-0.1, -0.05) is 35.9 Å². The lowest BCUT2D eigenvalue weighted by atomic mass is 10.2. The quantitative estimate of drug-likeness (QED) is 0.711. The fourth-order valence-electron chi connectivity index (χ4n) is 2.35. The zero-order valence-electron chi connectivity index (χ0n) is 13.5. The van der Waals surface area contributed by atoms with Crippen LogP contribution in [0.25, 0.3) is 11.4 Å². The van der Waals surface area contributed by atoms with Crippen LogP contribution < -0.4 is 4.72 Å². The number of rotatable bonds is 4. The summed E-state index contributed by atoms with van der Waals surface area (Å²) in [4.78, 5) is 19.0. The number of amides is 1. The molecule has 3 rings (SSSR count). The molecule has 0 saturated carbocycles. The minimum absolute atomic E-state index is 0.0152. The highest BCUT2D eigenvalue weighted by Crippen LogP contribution is 2.23. The standard InChI is InChI=1S/C17H13ClFN3O3S/c1-10-15(21-16(20-10)11-6-2-4-8-13(11)19)17(23)22-26(24,25)14-9-5-3-7-12(14)18/h2-9H,1H3,(H,20,21)(H,22,23). The van der Waals surface area contributed by atoms with E-state index in [4.69, 9.17) is 11.6 Å². The summed E-state index contributed by atoms with van der Waals surface area (Å²) in [5.41, 5.74) is 0.317. The van der Waals surface area contributed by atoms with Gasteiger partial charge in [-0.3, -0.25) is 4.79 Å². The van der Waals surface area contributed by atoms with Gasteiger partial charge in [0, 0.05) is 5.69 Å². The van der Waals surface area contributed by atoms with E-state index < -0.39 is 21.7 Å². The number of carbonyl (C=O) groups excluding carboxylic acids is 1. The van der Waals surface area contributed by atoms with E-state index in [1.807, 2.05) is 4.72 Å². The Kier molecular flexibility index (Phi) is 4.80. The SMILES string of the molecule is Cc1[nH]c(-c2ccccc2F)nc1C(=O)NS(=O)(=O)c1ccccc1Cl. The third kappa shape index (κ3) is 3.47. The first-order valence-corrected chi connectivity index (χ1v) is 9.29. The van der Waals surface area contributed by atoms with Crippen molar-refractivity contribution >= 4 is 27.5 Å². The molecule has 0 fully saturated rings. The Labute approximate surface area is 154 Å². The second-order valence-electron chi connectivity index (χ2n) is 5.40. The van der Waals surface area contributed by atoms with Crippen LogP contribution in [0.5, 0.6) is 0 Å². The smallest absolute Gasteiger partial charge is 0.285 e. The Hall–Kier alpha value is -2.71. The highest BCUT2D eigenvalue weighted by molar-refractivity contribution is 7.90. The van der Waals surface area contributed by atoms with Crippen molar-refractivity contribution in [1.82, 2.24) is 14.7 Å². The third-order valence-electron chi connectivity index (χ3n) is 3.58. The lowest BCUT2D eigenvalue weighted by molar-refractivity contribution is 0.0976. The Morgan fingerprint density at radius 3 is 2.50 bits per heavy atom. The first-order valence-electron chi connectivity index (χ1n) is 7.43. The predicted molar refractivity (Wildman–Crippen MR) is 94.8 cm³/mol. The lowest BCUT2D eigenvalue weighted by Crippen LogP contribution is -2.31. The first-order chi connectivity index (χ1) is 12.3. The predicted octanol–water partition coefficient (Wildman–Crippen LogP) is 3.30. The van der Waals surface area contributed by atoms with Crippen LogP contribution in [-0.4, -0.2) is 24.3 Å². The maximum absolute atomic E-state index is 13.9.